The highest BCUT2D eigenvalue weighted by Gasteiger charge is 2.72. The quantitative estimate of drug-likeness (QED) is 0.696. The maximum atomic E-state index is 12.0. The Bertz CT molecular complexity index is 336. The Morgan fingerprint density at radius 3 is 2.25 bits per heavy atom. The van der Waals surface area contributed by atoms with E-state index < -0.39 is 0 Å². The van der Waals surface area contributed by atoms with E-state index >= 15 is 0 Å². The number of likely N-dealkylation sites (tertiary alicyclic amines) is 1. The molecule has 1 aliphatic carbocycles. The fourth-order valence-electron chi connectivity index (χ4n) is 3.09. The average Bonchev–Trinajstić information content (AvgIpc) is 2.60. The second-order valence-corrected chi connectivity index (χ2v) is 5.92. The second-order valence-electron chi connectivity index (χ2n) is 5.92. The number of hydrogen-bond acceptors (Lipinski definition) is 3. The number of piperidine rings is 1. The number of nitrogens with zero attached hydrogens (tertiary/aromatic N) is 1. The molecule has 2 unspecified atom stereocenters. The Morgan fingerprint density at radius 1 is 1.25 bits per heavy atom. The van der Waals surface area contributed by atoms with Gasteiger partial charge >= 0.3 is 0 Å². The van der Waals surface area contributed by atoms with E-state index in [2.05, 4.69) is 5.32 Å². The lowest BCUT2D eigenvalue weighted by Gasteiger charge is -2.29. The van der Waals surface area contributed by atoms with E-state index in [1.54, 1.807) is 0 Å². The molecule has 88 valence electrons. The van der Waals surface area contributed by atoms with Gasteiger partial charge in [-0.2, -0.15) is 0 Å². The molecule has 1 saturated carbocycles. The number of carbonyl (C=O) groups is 2. The van der Waals surface area contributed by atoms with Gasteiger partial charge in [0, 0.05) is 6.54 Å². The molecular weight excluding hydrogens is 204 g/mol. The molecule has 0 aromatic heterocycles. The van der Waals surface area contributed by atoms with Crippen molar-refractivity contribution in [1.82, 2.24) is 10.2 Å². The summed E-state index contributed by atoms with van der Waals surface area (Å²) in [5.74, 6) is 0.782. The summed E-state index contributed by atoms with van der Waals surface area (Å²) in [6, 6.07) is 0. The van der Waals surface area contributed by atoms with Gasteiger partial charge in [-0.1, -0.05) is 13.8 Å². The fourth-order valence-corrected chi connectivity index (χ4v) is 3.09. The number of hydrogen-bond donors (Lipinski definition) is 1. The van der Waals surface area contributed by atoms with Crippen molar-refractivity contribution in [2.24, 2.45) is 23.2 Å². The highest BCUT2D eigenvalue weighted by Crippen LogP contribution is 2.63. The lowest BCUT2D eigenvalue weighted by atomic mass is 9.98. The van der Waals surface area contributed by atoms with Crippen LogP contribution in [0.4, 0.5) is 0 Å². The highest BCUT2D eigenvalue weighted by molar-refractivity contribution is 6.10. The predicted octanol–water partition coefficient (Wildman–Crippen LogP) is 0.237. The third-order valence-electron chi connectivity index (χ3n) is 4.52. The smallest absolute Gasteiger partial charge is 0.233 e. The van der Waals surface area contributed by atoms with E-state index in [0.29, 0.717) is 12.5 Å². The molecule has 0 spiro atoms. The lowest BCUT2D eigenvalue weighted by molar-refractivity contribution is -0.143. The standard InChI is InChI=1S/C12H18N2O2/c1-12(2)8-9(12)11(16)14(10(8)15)4-3-7-5-13-6-7/h7-9,13H,3-6H2,1-2H3. The summed E-state index contributed by atoms with van der Waals surface area (Å²) < 4.78 is 0. The van der Waals surface area contributed by atoms with Gasteiger partial charge in [-0.25, -0.2) is 0 Å². The number of fused-ring (bicyclic) bond motifs is 1. The minimum atomic E-state index is -0.0668. The minimum absolute atomic E-state index is 0.0143. The van der Waals surface area contributed by atoms with Crippen LogP contribution in [0.5, 0.6) is 0 Å². The van der Waals surface area contributed by atoms with E-state index in [-0.39, 0.29) is 29.1 Å². The van der Waals surface area contributed by atoms with Gasteiger partial charge in [0.1, 0.15) is 0 Å². The first-order chi connectivity index (χ1) is 7.53. The Kier molecular flexibility index (Phi) is 1.97. The topological polar surface area (TPSA) is 49.4 Å². The van der Waals surface area contributed by atoms with Gasteiger partial charge in [0.25, 0.3) is 0 Å². The molecular formula is C12H18N2O2. The zero-order chi connectivity index (χ0) is 11.5. The van der Waals surface area contributed by atoms with Crippen LogP contribution in [-0.4, -0.2) is 36.3 Å². The summed E-state index contributed by atoms with van der Waals surface area (Å²) in [5, 5.41) is 3.20. The maximum absolute atomic E-state index is 12.0. The van der Waals surface area contributed by atoms with Crippen LogP contribution < -0.4 is 5.32 Å². The molecule has 4 heteroatoms. The van der Waals surface area contributed by atoms with Gasteiger partial charge < -0.3 is 5.32 Å². The molecule has 2 aliphatic heterocycles. The number of amides is 2. The van der Waals surface area contributed by atoms with Crippen LogP contribution in [0.25, 0.3) is 0 Å². The van der Waals surface area contributed by atoms with Crippen molar-refractivity contribution in [3.05, 3.63) is 0 Å². The molecule has 2 atom stereocenters. The van der Waals surface area contributed by atoms with E-state index in [1.807, 2.05) is 13.8 Å². The molecule has 2 amide bonds. The first kappa shape index (κ1) is 10.3. The van der Waals surface area contributed by atoms with Crippen molar-refractivity contribution < 1.29 is 9.59 Å². The highest BCUT2D eigenvalue weighted by atomic mass is 16.2. The molecule has 1 N–H and O–H groups in total. The normalized spacial score (nSPS) is 36.2. The van der Waals surface area contributed by atoms with Gasteiger partial charge in [0.15, 0.2) is 0 Å². The van der Waals surface area contributed by atoms with Gasteiger partial charge in [-0.05, 0) is 30.8 Å². The molecule has 0 radical (unpaired) electrons. The van der Waals surface area contributed by atoms with Crippen molar-refractivity contribution in [2.45, 2.75) is 20.3 Å². The summed E-state index contributed by atoms with van der Waals surface area (Å²) in [5.41, 5.74) is -0.0668. The van der Waals surface area contributed by atoms with E-state index in [4.69, 9.17) is 0 Å². The van der Waals surface area contributed by atoms with Crippen LogP contribution in [0, 0.1) is 23.2 Å². The van der Waals surface area contributed by atoms with Crippen molar-refractivity contribution in [3.63, 3.8) is 0 Å². The van der Waals surface area contributed by atoms with Crippen molar-refractivity contribution in [3.8, 4) is 0 Å². The molecule has 0 aromatic carbocycles. The third kappa shape index (κ3) is 1.19. The van der Waals surface area contributed by atoms with Crippen LogP contribution >= 0.6 is 0 Å². The SMILES string of the molecule is CC1(C)C2C(=O)N(CCC3CNC3)C(=O)C21. The molecule has 4 nitrogen and oxygen atoms in total. The molecule has 3 fully saturated rings. The number of imide groups is 1. The largest absolute Gasteiger partial charge is 0.316 e. The maximum Gasteiger partial charge on any atom is 0.233 e. The zero-order valence-electron chi connectivity index (χ0n) is 9.82. The van der Waals surface area contributed by atoms with Gasteiger partial charge in [0.05, 0.1) is 11.8 Å². The van der Waals surface area contributed by atoms with Gasteiger partial charge in [0.2, 0.25) is 11.8 Å². The fraction of sp³-hybridized carbons (Fsp3) is 0.833. The summed E-state index contributed by atoms with van der Waals surface area (Å²) in [4.78, 5) is 25.5. The molecule has 0 aromatic rings. The molecule has 0 bridgehead atoms. The van der Waals surface area contributed by atoms with Gasteiger partial charge in [-0.15, -0.1) is 0 Å². The zero-order valence-corrected chi connectivity index (χ0v) is 9.82. The van der Waals surface area contributed by atoms with Crippen molar-refractivity contribution in [2.75, 3.05) is 19.6 Å². The number of carbonyl (C=O) groups excluding carboxylic acids is 2. The summed E-state index contributed by atoms with van der Waals surface area (Å²) in [7, 11) is 0. The Labute approximate surface area is 95.4 Å². The predicted molar refractivity (Wildman–Crippen MR) is 58.5 cm³/mol. The minimum Gasteiger partial charge on any atom is -0.316 e. The Morgan fingerprint density at radius 2 is 1.81 bits per heavy atom. The second kappa shape index (κ2) is 3.06. The summed E-state index contributed by atoms with van der Waals surface area (Å²) >= 11 is 0. The Balaban J connectivity index is 1.61. The van der Waals surface area contributed by atoms with E-state index in [9.17, 15) is 9.59 Å². The summed E-state index contributed by atoms with van der Waals surface area (Å²) in [6.45, 7) is 6.74. The molecule has 3 rings (SSSR count). The van der Waals surface area contributed by atoms with E-state index in [0.717, 1.165) is 19.5 Å². The molecule has 3 aliphatic rings. The lowest BCUT2D eigenvalue weighted by Crippen LogP contribution is -2.45. The van der Waals surface area contributed by atoms with Crippen LogP contribution in [0.1, 0.15) is 20.3 Å². The van der Waals surface area contributed by atoms with Crippen LogP contribution in [0.2, 0.25) is 0 Å². The average molecular weight is 222 g/mol. The number of nitrogens with one attached hydrogen (secondary N) is 1. The van der Waals surface area contributed by atoms with Crippen molar-refractivity contribution >= 4 is 11.8 Å². The van der Waals surface area contributed by atoms with E-state index in [1.165, 1.54) is 4.90 Å². The Hall–Kier alpha value is -0.900. The number of rotatable bonds is 3. The van der Waals surface area contributed by atoms with Crippen molar-refractivity contribution in [1.29, 1.82) is 0 Å². The van der Waals surface area contributed by atoms with Crippen LogP contribution in [0.3, 0.4) is 0 Å². The van der Waals surface area contributed by atoms with Gasteiger partial charge in [-0.3, -0.25) is 14.5 Å². The van der Waals surface area contributed by atoms with Crippen LogP contribution in [0.15, 0.2) is 0 Å². The summed E-state index contributed by atoms with van der Waals surface area (Å²) in [6.07, 6.45) is 0.963. The molecule has 2 saturated heterocycles. The third-order valence-corrected chi connectivity index (χ3v) is 4.52. The molecule has 16 heavy (non-hydrogen) atoms. The monoisotopic (exact) mass is 222 g/mol. The first-order valence-corrected chi connectivity index (χ1v) is 6.09. The first-order valence-electron chi connectivity index (χ1n) is 6.09. The molecule has 2 heterocycles. The van der Waals surface area contributed by atoms with Crippen LogP contribution in [-0.2, 0) is 9.59 Å².